The molecule has 0 aliphatic rings. The Hall–Kier alpha value is -2.44. The molecule has 5 nitrogen and oxygen atoms in total. The second-order valence-electron chi connectivity index (χ2n) is 6.63. The van der Waals surface area contributed by atoms with E-state index in [0.717, 1.165) is 22.9 Å². The third-order valence-electron chi connectivity index (χ3n) is 5.07. The smallest absolute Gasteiger partial charge is 0.243 e. The number of aromatic nitrogens is 1. The summed E-state index contributed by atoms with van der Waals surface area (Å²) >= 11 is 0. The Labute approximate surface area is 160 Å². The minimum atomic E-state index is -3.58. The minimum Gasteiger partial charge on any atom is -0.354 e. The molecule has 0 saturated heterocycles. The number of hydrogen-bond donors (Lipinski definition) is 1. The van der Waals surface area contributed by atoms with Crippen molar-refractivity contribution in [3.8, 4) is 11.3 Å². The molecule has 0 bridgehead atoms. The van der Waals surface area contributed by atoms with Gasteiger partial charge < -0.3 is 4.98 Å². The summed E-state index contributed by atoms with van der Waals surface area (Å²) in [6.45, 7) is 8.48. The Bertz CT molecular complexity index is 1110. The molecule has 3 aromatic rings. The Kier molecular flexibility index (Phi) is 5.22. The monoisotopic (exact) mass is 384 g/mol. The molecule has 0 radical (unpaired) electrons. The van der Waals surface area contributed by atoms with Crippen molar-refractivity contribution in [1.29, 1.82) is 0 Å². The van der Waals surface area contributed by atoms with Crippen molar-refractivity contribution in [1.82, 2.24) is 9.29 Å². The van der Waals surface area contributed by atoms with Gasteiger partial charge in [0.15, 0.2) is 6.29 Å². The standard InChI is InChI=1S/C21H24N2O3S/c1-5-23(6-2)27(25,26)17-9-10-20-18(12-17)19(13-24)21(22-20)16-8-7-14(3)15(4)11-16/h7-13,22H,5-6H2,1-4H3. The van der Waals surface area contributed by atoms with E-state index in [1.807, 2.05) is 45.9 Å². The second kappa shape index (κ2) is 7.29. The van der Waals surface area contributed by atoms with Crippen LogP contribution in [0.4, 0.5) is 0 Å². The maximum atomic E-state index is 12.8. The van der Waals surface area contributed by atoms with Crippen LogP contribution in [0.25, 0.3) is 22.2 Å². The average molecular weight is 385 g/mol. The minimum absolute atomic E-state index is 0.201. The van der Waals surface area contributed by atoms with Crippen LogP contribution in [0.15, 0.2) is 41.3 Å². The molecular formula is C21H24N2O3S. The number of benzene rings is 2. The van der Waals surface area contributed by atoms with Crippen LogP contribution in [0.5, 0.6) is 0 Å². The van der Waals surface area contributed by atoms with Crippen LogP contribution in [0.2, 0.25) is 0 Å². The van der Waals surface area contributed by atoms with E-state index in [2.05, 4.69) is 4.98 Å². The highest BCUT2D eigenvalue weighted by Crippen LogP contribution is 2.32. The van der Waals surface area contributed by atoms with E-state index in [0.29, 0.717) is 29.7 Å². The summed E-state index contributed by atoms with van der Waals surface area (Å²) in [5.41, 5.74) is 5.14. The first kappa shape index (κ1) is 19.3. The number of nitrogens with zero attached hydrogens (tertiary/aromatic N) is 1. The third-order valence-corrected chi connectivity index (χ3v) is 7.11. The maximum Gasteiger partial charge on any atom is 0.243 e. The number of aldehydes is 1. The van der Waals surface area contributed by atoms with E-state index >= 15 is 0 Å². The van der Waals surface area contributed by atoms with Crippen LogP contribution >= 0.6 is 0 Å². The highest BCUT2D eigenvalue weighted by atomic mass is 32.2. The number of aromatic amines is 1. The fourth-order valence-corrected chi connectivity index (χ4v) is 4.80. The predicted octanol–water partition coefficient (Wildman–Crippen LogP) is 4.29. The largest absolute Gasteiger partial charge is 0.354 e. The number of aryl methyl sites for hydroxylation is 2. The number of nitrogens with one attached hydrogen (secondary N) is 1. The van der Waals surface area contributed by atoms with Gasteiger partial charge in [-0.15, -0.1) is 0 Å². The van der Waals surface area contributed by atoms with Gasteiger partial charge in [-0.25, -0.2) is 8.42 Å². The summed E-state index contributed by atoms with van der Waals surface area (Å²) in [5.74, 6) is 0. The van der Waals surface area contributed by atoms with Crippen molar-refractivity contribution in [2.45, 2.75) is 32.6 Å². The first-order chi connectivity index (χ1) is 12.8. The molecule has 27 heavy (non-hydrogen) atoms. The molecule has 0 atom stereocenters. The molecule has 1 heterocycles. The van der Waals surface area contributed by atoms with Crippen molar-refractivity contribution in [3.05, 3.63) is 53.1 Å². The molecule has 1 N–H and O–H groups in total. The quantitative estimate of drug-likeness (QED) is 0.644. The molecule has 142 valence electrons. The van der Waals surface area contributed by atoms with Gasteiger partial charge in [0.1, 0.15) is 0 Å². The van der Waals surface area contributed by atoms with E-state index in [9.17, 15) is 13.2 Å². The van der Waals surface area contributed by atoms with Gasteiger partial charge in [0.25, 0.3) is 0 Å². The molecule has 0 spiro atoms. The van der Waals surface area contributed by atoms with Crippen LogP contribution in [0, 0.1) is 13.8 Å². The van der Waals surface area contributed by atoms with E-state index in [1.54, 1.807) is 18.2 Å². The second-order valence-corrected chi connectivity index (χ2v) is 8.57. The zero-order valence-electron chi connectivity index (χ0n) is 16.0. The molecule has 1 aromatic heterocycles. The first-order valence-electron chi connectivity index (χ1n) is 9.02. The van der Waals surface area contributed by atoms with Gasteiger partial charge in [-0.1, -0.05) is 26.0 Å². The Morgan fingerprint density at radius 3 is 2.30 bits per heavy atom. The summed E-state index contributed by atoms with van der Waals surface area (Å²) in [7, 11) is -3.58. The molecule has 0 aliphatic heterocycles. The van der Waals surface area contributed by atoms with Gasteiger partial charge in [-0.05, 0) is 54.8 Å². The van der Waals surface area contributed by atoms with Crippen LogP contribution < -0.4 is 0 Å². The first-order valence-corrected chi connectivity index (χ1v) is 10.5. The zero-order valence-corrected chi connectivity index (χ0v) is 16.9. The van der Waals surface area contributed by atoms with Crippen molar-refractivity contribution < 1.29 is 13.2 Å². The summed E-state index contributed by atoms with van der Waals surface area (Å²) in [6, 6.07) is 10.9. The topological polar surface area (TPSA) is 70.2 Å². The normalized spacial score (nSPS) is 12.0. The van der Waals surface area contributed by atoms with Crippen LogP contribution in [0.1, 0.15) is 35.3 Å². The SMILES string of the molecule is CCN(CC)S(=O)(=O)c1ccc2[nH]c(-c3ccc(C)c(C)c3)c(C=O)c2c1. The fraction of sp³-hybridized carbons (Fsp3) is 0.286. The summed E-state index contributed by atoms with van der Waals surface area (Å²) in [6.07, 6.45) is 0.789. The van der Waals surface area contributed by atoms with Crippen LogP contribution in [0.3, 0.4) is 0 Å². The molecule has 0 saturated carbocycles. The van der Waals surface area contributed by atoms with Crippen LogP contribution in [-0.2, 0) is 10.0 Å². The number of H-pyrrole nitrogens is 1. The lowest BCUT2D eigenvalue weighted by Gasteiger charge is -2.18. The van der Waals surface area contributed by atoms with Crippen molar-refractivity contribution in [2.24, 2.45) is 0 Å². The number of fused-ring (bicyclic) bond motifs is 1. The summed E-state index contributed by atoms with van der Waals surface area (Å²) < 4.78 is 27.1. The van der Waals surface area contributed by atoms with Crippen LogP contribution in [-0.4, -0.2) is 37.1 Å². The van der Waals surface area contributed by atoms with E-state index in [1.165, 1.54) is 9.87 Å². The molecule has 6 heteroatoms. The maximum absolute atomic E-state index is 12.8. The zero-order chi connectivity index (χ0) is 19.8. The lowest BCUT2D eigenvalue weighted by Crippen LogP contribution is -2.30. The van der Waals surface area contributed by atoms with Gasteiger partial charge in [-0.3, -0.25) is 4.79 Å². The summed E-state index contributed by atoms with van der Waals surface area (Å²) in [5, 5.41) is 0.617. The number of carbonyl (C=O) groups excluding carboxylic acids is 1. The van der Waals surface area contributed by atoms with Crippen molar-refractivity contribution in [2.75, 3.05) is 13.1 Å². The van der Waals surface area contributed by atoms with E-state index in [-0.39, 0.29) is 4.90 Å². The summed E-state index contributed by atoms with van der Waals surface area (Å²) in [4.78, 5) is 15.3. The van der Waals surface area contributed by atoms with Gasteiger partial charge in [-0.2, -0.15) is 4.31 Å². The lowest BCUT2D eigenvalue weighted by atomic mass is 10.0. The van der Waals surface area contributed by atoms with Gasteiger partial charge >= 0.3 is 0 Å². The Balaban J connectivity index is 2.21. The number of rotatable bonds is 6. The molecular weight excluding hydrogens is 360 g/mol. The molecule has 0 amide bonds. The van der Waals surface area contributed by atoms with Gasteiger partial charge in [0.05, 0.1) is 10.6 Å². The Morgan fingerprint density at radius 2 is 1.70 bits per heavy atom. The lowest BCUT2D eigenvalue weighted by molar-refractivity contribution is 0.112. The number of hydrogen-bond acceptors (Lipinski definition) is 3. The van der Waals surface area contributed by atoms with E-state index < -0.39 is 10.0 Å². The van der Waals surface area contributed by atoms with Gasteiger partial charge in [0, 0.05) is 29.6 Å². The molecule has 0 aliphatic carbocycles. The highest BCUT2D eigenvalue weighted by molar-refractivity contribution is 7.89. The highest BCUT2D eigenvalue weighted by Gasteiger charge is 2.23. The third kappa shape index (κ3) is 3.31. The van der Waals surface area contributed by atoms with Crippen molar-refractivity contribution in [3.63, 3.8) is 0 Å². The number of carbonyl (C=O) groups is 1. The molecule has 0 fully saturated rings. The molecule has 3 rings (SSSR count). The Morgan fingerprint density at radius 1 is 1.00 bits per heavy atom. The van der Waals surface area contributed by atoms with Gasteiger partial charge in [0.2, 0.25) is 10.0 Å². The average Bonchev–Trinajstić information content (AvgIpc) is 3.02. The molecule has 0 unspecified atom stereocenters. The van der Waals surface area contributed by atoms with Crippen molar-refractivity contribution >= 4 is 27.2 Å². The predicted molar refractivity (Wildman–Crippen MR) is 109 cm³/mol. The molecule has 2 aromatic carbocycles. The van der Waals surface area contributed by atoms with E-state index in [4.69, 9.17) is 0 Å². The fourth-order valence-electron chi connectivity index (χ4n) is 3.31. The number of sulfonamides is 1.